The Morgan fingerprint density at radius 1 is 1.40 bits per heavy atom. The molecule has 1 rings (SSSR count). The Labute approximate surface area is 154 Å². The topological polar surface area (TPSA) is 87.6 Å². The third kappa shape index (κ3) is 9.28. The van der Waals surface area contributed by atoms with Gasteiger partial charge in [0.15, 0.2) is 5.96 Å². The largest absolute Gasteiger partial charge is 0.450 e. The van der Waals surface area contributed by atoms with E-state index in [9.17, 15) is 4.79 Å². The van der Waals surface area contributed by atoms with Crippen LogP contribution in [0.4, 0.5) is 4.79 Å². The summed E-state index contributed by atoms with van der Waals surface area (Å²) < 4.78 is 4.97. The summed E-state index contributed by atoms with van der Waals surface area (Å²) in [5, 5.41) is 12.6. The van der Waals surface area contributed by atoms with Gasteiger partial charge in [0.25, 0.3) is 0 Å². The first-order valence-corrected chi connectivity index (χ1v) is 9.61. The van der Waals surface area contributed by atoms with Gasteiger partial charge in [0, 0.05) is 38.0 Å². The lowest BCUT2D eigenvalue weighted by Crippen LogP contribution is -2.48. The number of aryl methyl sites for hydroxylation is 1. The van der Waals surface area contributed by atoms with Gasteiger partial charge in [-0.05, 0) is 26.2 Å². The van der Waals surface area contributed by atoms with Crippen molar-refractivity contribution in [3.8, 4) is 0 Å². The predicted molar refractivity (Wildman–Crippen MR) is 103 cm³/mol. The van der Waals surface area contributed by atoms with Crippen molar-refractivity contribution < 1.29 is 9.53 Å². The van der Waals surface area contributed by atoms with E-state index in [1.807, 2.05) is 6.92 Å². The van der Waals surface area contributed by atoms with E-state index in [4.69, 9.17) is 4.74 Å². The van der Waals surface area contributed by atoms with E-state index in [1.165, 1.54) is 0 Å². The number of ether oxygens (including phenoxy) is 1. The van der Waals surface area contributed by atoms with Gasteiger partial charge in [-0.1, -0.05) is 13.8 Å². The standard InChI is InChI=1S/C17H31N5O2S/c1-6-24-17(23)22-15(9-12(2)3)10-20-16(18-5)19-8-7-14-11-25-13(4)21-14/h11-12,15H,6-10H2,1-5H3,(H,22,23)(H2,18,19,20). The van der Waals surface area contributed by atoms with Crippen molar-refractivity contribution >= 4 is 23.4 Å². The number of alkyl carbamates (subject to hydrolysis) is 1. The molecular formula is C17H31N5O2S. The molecule has 25 heavy (non-hydrogen) atoms. The minimum atomic E-state index is -0.378. The van der Waals surface area contributed by atoms with Crippen molar-refractivity contribution in [1.82, 2.24) is 20.9 Å². The molecule has 0 bridgehead atoms. The van der Waals surface area contributed by atoms with E-state index < -0.39 is 0 Å². The number of aromatic nitrogens is 1. The maximum atomic E-state index is 11.7. The van der Waals surface area contributed by atoms with Gasteiger partial charge in [-0.25, -0.2) is 9.78 Å². The number of aliphatic imine (C=N–C) groups is 1. The Balaban J connectivity index is 2.41. The quantitative estimate of drug-likeness (QED) is 0.459. The SMILES string of the molecule is CCOC(=O)NC(CNC(=NC)NCCc1csc(C)n1)CC(C)C. The first-order valence-electron chi connectivity index (χ1n) is 8.73. The molecule has 0 fully saturated rings. The second kappa shape index (κ2) is 11.7. The van der Waals surface area contributed by atoms with Crippen molar-refractivity contribution in [1.29, 1.82) is 0 Å². The lowest BCUT2D eigenvalue weighted by atomic mass is 10.0. The number of nitrogens with one attached hydrogen (secondary N) is 3. The van der Waals surface area contributed by atoms with Crippen molar-refractivity contribution in [3.63, 3.8) is 0 Å². The number of carbonyl (C=O) groups is 1. The molecule has 142 valence electrons. The van der Waals surface area contributed by atoms with Crippen LogP contribution in [-0.2, 0) is 11.2 Å². The number of amides is 1. The summed E-state index contributed by atoms with van der Waals surface area (Å²) >= 11 is 1.66. The smallest absolute Gasteiger partial charge is 0.407 e. The molecule has 8 heteroatoms. The van der Waals surface area contributed by atoms with Crippen molar-refractivity contribution in [2.24, 2.45) is 10.9 Å². The Bertz CT molecular complexity index is 545. The molecule has 0 aliphatic rings. The highest BCUT2D eigenvalue weighted by molar-refractivity contribution is 7.09. The van der Waals surface area contributed by atoms with E-state index in [2.05, 4.69) is 45.2 Å². The predicted octanol–water partition coefficient (Wildman–Crippen LogP) is 2.32. The summed E-state index contributed by atoms with van der Waals surface area (Å²) in [7, 11) is 1.73. The van der Waals surface area contributed by atoms with Crippen LogP contribution < -0.4 is 16.0 Å². The van der Waals surface area contributed by atoms with Gasteiger partial charge in [-0.2, -0.15) is 0 Å². The number of hydrogen-bond acceptors (Lipinski definition) is 5. The third-order valence-corrected chi connectivity index (χ3v) is 4.26. The highest BCUT2D eigenvalue weighted by Gasteiger charge is 2.15. The van der Waals surface area contributed by atoms with Crippen molar-refractivity contribution in [2.45, 2.75) is 46.6 Å². The van der Waals surface area contributed by atoms with Crippen molar-refractivity contribution in [3.05, 3.63) is 16.1 Å². The lowest BCUT2D eigenvalue weighted by molar-refractivity contribution is 0.146. The summed E-state index contributed by atoms with van der Waals surface area (Å²) in [5.74, 6) is 1.18. The molecule has 1 aromatic rings. The van der Waals surface area contributed by atoms with Crippen LogP contribution in [0.2, 0.25) is 0 Å². The van der Waals surface area contributed by atoms with E-state index in [0.717, 1.165) is 30.1 Å². The van der Waals surface area contributed by atoms with Gasteiger partial charge < -0.3 is 20.7 Å². The number of thiazole rings is 1. The van der Waals surface area contributed by atoms with Crippen LogP contribution in [0.25, 0.3) is 0 Å². The van der Waals surface area contributed by atoms with Crippen LogP contribution in [0.15, 0.2) is 10.4 Å². The molecule has 0 aromatic carbocycles. The number of rotatable bonds is 9. The van der Waals surface area contributed by atoms with Crippen LogP contribution in [0.5, 0.6) is 0 Å². The number of nitrogens with zero attached hydrogens (tertiary/aromatic N) is 2. The van der Waals surface area contributed by atoms with Gasteiger partial charge in [0.05, 0.1) is 17.3 Å². The van der Waals surface area contributed by atoms with E-state index in [-0.39, 0.29) is 12.1 Å². The molecule has 7 nitrogen and oxygen atoms in total. The van der Waals surface area contributed by atoms with Crippen LogP contribution in [0.1, 0.15) is 37.9 Å². The summed E-state index contributed by atoms with van der Waals surface area (Å²) in [5.41, 5.74) is 1.09. The average Bonchev–Trinajstić information content (AvgIpc) is 2.95. The van der Waals surface area contributed by atoms with Gasteiger partial charge in [0.1, 0.15) is 0 Å². The van der Waals surface area contributed by atoms with Gasteiger partial charge in [-0.3, -0.25) is 4.99 Å². The lowest BCUT2D eigenvalue weighted by Gasteiger charge is -2.22. The fraction of sp³-hybridized carbons (Fsp3) is 0.706. The fourth-order valence-corrected chi connectivity index (χ4v) is 3.02. The molecule has 0 aliphatic carbocycles. The molecule has 1 amide bonds. The minimum absolute atomic E-state index is 0.0150. The van der Waals surface area contributed by atoms with E-state index >= 15 is 0 Å². The molecule has 0 spiro atoms. The van der Waals surface area contributed by atoms with Gasteiger partial charge >= 0.3 is 6.09 Å². The van der Waals surface area contributed by atoms with Gasteiger partial charge in [-0.15, -0.1) is 11.3 Å². The second-order valence-corrected chi connectivity index (χ2v) is 7.24. The third-order valence-electron chi connectivity index (χ3n) is 3.43. The van der Waals surface area contributed by atoms with E-state index in [0.29, 0.717) is 25.0 Å². The van der Waals surface area contributed by atoms with Gasteiger partial charge in [0.2, 0.25) is 0 Å². The zero-order chi connectivity index (χ0) is 18.7. The molecule has 1 atom stereocenters. The summed E-state index contributed by atoms with van der Waals surface area (Å²) in [6.45, 7) is 9.77. The molecule has 0 saturated heterocycles. The van der Waals surface area contributed by atoms with Crippen molar-refractivity contribution in [2.75, 3.05) is 26.7 Å². The highest BCUT2D eigenvalue weighted by atomic mass is 32.1. The summed E-state index contributed by atoms with van der Waals surface area (Å²) in [6, 6.07) is -0.0150. The molecule has 3 N–H and O–H groups in total. The number of guanidine groups is 1. The molecule has 1 aromatic heterocycles. The van der Waals surface area contributed by atoms with Crippen LogP contribution >= 0.6 is 11.3 Å². The Morgan fingerprint density at radius 3 is 2.72 bits per heavy atom. The monoisotopic (exact) mass is 369 g/mol. The number of carbonyl (C=O) groups excluding carboxylic acids is 1. The zero-order valence-corrected chi connectivity index (χ0v) is 16.7. The average molecular weight is 370 g/mol. The normalized spacial score (nSPS) is 12.8. The maximum Gasteiger partial charge on any atom is 0.407 e. The first kappa shape index (κ1) is 21.2. The maximum absolute atomic E-state index is 11.7. The number of hydrogen-bond donors (Lipinski definition) is 3. The van der Waals surface area contributed by atoms with E-state index in [1.54, 1.807) is 25.3 Å². The fourth-order valence-electron chi connectivity index (χ4n) is 2.37. The van der Waals surface area contributed by atoms with Crippen LogP contribution in [-0.4, -0.2) is 49.8 Å². The Kier molecular flexibility index (Phi) is 9.91. The zero-order valence-electron chi connectivity index (χ0n) is 15.9. The molecule has 1 unspecified atom stereocenters. The molecule has 0 radical (unpaired) electrons. The Hall–Kier alpha value is -1.83. The summed E-state index contributed by atoms with van der Waals surface area (Å²) in [6.07, 6.45) is 1.33. The Morgan fingerprint density at radius 2 is 2.16 bits per heavy atom. The highest BCUT2D eigenvalue weighted by Crippen LogP contribution is 2.07. The molecule has 0 aliphatic heterocycles. The second-order valence-electron chi connectivity index (χ2n) is 6.18. The first-order chi connectivity index (χ1) is 11.9. The molecular weight excluding hydrogens is 338 g/mol. The summed E-state index contributed by atoms with van der Waals surface area (Å²) in [4.78, 5) is 20.3. The van der Waals surface area contributed by atoms with Crippen LogP contribution in [0.3, 0.4) is 0 Å². The molecule has 1 heterocycles. The minimum Gasteiger partial charge on any atom is -0.450 e. The van der Waals surface area contributed by atoms with Crippen LogP contribution in [0, 0.1) is 12.8 Å². The molecule has 0 saturated carbocycles.